The van der Waals surface area contributed by atoms with Crippen LogP contribution >= 0.6 is 23.2 Å². The third-order valence-corrected chi connectivity index (χ3v) is 3.81. The fourth-order valence-electron chi connectivity index (χ4n) is 2.30. The molecule has 0 unspecified atom stereocenters. The fraction of sp³-hybridized carbons (Fsp3) is 0.118. The van der Waals surface area contributed by atoms with Crippen molar-refractivity contribution in [3.8, 4) is 5.75 Å². The molecule has 3 aromatic rings. The van der Waals surface area contributed by atoms with Crippen molar-refractivity contribution in [2.45, 2.75) is 6.61 Å². The number of carbonyl (C=O) groups excluding carboxylic acids is 1. The minimum atomic E-state index is -0.446. The minimum absolute atomic E-state index is 0.342. The maximum atomic E-state index is 11.7. The van der Waals surface area contributed by atoms with Crippen LogP contribution in [0.3, 0.4) is 0 Å². The van der Waals surface area contributed by atoms with Crippen molar-refractivity contribution in [3.63, 3.8) is 0 Å². The van der Waals surface area contributed by atoms with Crippen molar-refractivity contribution >= 4 is 40.1 Å². The summed E-state index contributed by atoms with van der Waals surface area (Å²) in [6, 6.07) is 12.5. The molecular weight excluding hydrogens is 337 g/mol. The maximum Gasteiger partial charge on any atom is 0.354 e. The number of aromatic amines is 1. The average Bonchev–Trinajstić information content (AvgIpc) is 2.95. The number of ether oxygens (including phenoxy) is 2. The zero-order valence-corrected chi connectivity index (χ0v) is 13.7. The largest absolute Gasteiger partial charge is 0.488 e. The summed E-state index contributed by atoms with van der Waals surface area (Å²) in [5, 5.41) is 1.92. The molecule has 0 saturated carbocycles. The molecule has 1 N–H and O–H groups in total. The van der Waals surface area contributed by atoms with E-state index in [9.17, 15) is 4.79 Å². The van der Waals surface area contributed by atoms with E-state index in [0.29, 0.717) is 33.6 Å². The summed E-state index contributed by atoms with van der Waals surface area (Å²) in [6.45, 7) is 0.342. The first-order valence-corrected chi connectivity index (χ1v) is 7.60. The lowest BCUT2D eigenvalue weighted by molar-refractivity contribution is 0.0595. The van der Waals surface area contributed by atoms with Crippen molar-refractivity contribution in [2.75, 3.05) is 7.11 Å². The van der Waals surface area contributed by atoms with E-state index < -0.39 is 5.97 Å². The van der Waals surface area contributed by atoms with Gasteiger partial charge < -0.3 is 14.5 Å². The Morgan fingerprint density at radius 3 is 2.70 bits per heavy atom. The lowest BCUT2D eigenvalue weighted by Gasteiger charge is -2.08. The van der Waals surface area contributed by atoms with Crippen LogP contribution in [0.15, 0.2) is 42.5 Å². The predicted octanol–water partition coefficient (Wildman–Crippen LogP) is 4.84. The van der Waals surface area contributed by atoms with Gasteiger partial charge in [0.05, 0.1) is 12.6 Å². The van der Waals surface area contributed by atoms with Crippen molar-refractivity contribution in [1.29, 1.82) is 0 Å². The molecular formula is C17H13Cl2NO3. The van der Waals surface area contributed by atoms with E-state index in [-0.39, 0.29) is 0 Å². The second-order valence-electron chi connectivity index (χ2n) is 4.96. The Labute approximate surface area is 142 Å². The van der Waals surface area contributed by atoms with Crippen LogP contribution in [0.4, 0.5) is 0 Å². The summed E-state index contributed by atoms with van der Waals surface area (Å²) < 4.78 is 10.6. The first kappa shape index (κ1) is 15.7. The molecule has 3 rings (SSSR count). The van der Waals surface area contributed by atoms with Gasteiger partial charge in [0.25, 0.3) is 0 Å². The van der Waals surface area contributed by atoms with Crippen LogP contribution in [0.2, 0.25) is 10.0 Å². The molecule has 4 nitrogen and oxygen atoms in total. The number of hydrogen-bond acceptors (Lipinski definition) is 3. The number of benzene rings is 2. The summed E-state index contributed by atoms with van der Waals surface area (Å²) >= 11 is 12.1. The minimum Gasteiger partial charge on any atom is -0.488 e. The molecule has 0 aliphatic heterocycles. The molecule has 1 heterocycles. The highest BCUT2D eigenvalue weighted by atomic mass is 35.5. The summed E-state index contributed by atoms with van der Waals surface area (Å²) in [4.78, 5) is 14.6. The molecule has 0 aliphatic rings. The average molecular weight is 350 g/mol. The molecule has 0 aliphatic carbocycles. The van der Waals surface area contributed by atoms with Crippen LogP contribution in [0.25, 0.3) is 10.9 Å². The van der Waals surface area contributed by atoms with Gasteiger partial charge in [-0.1, -0.05) is 35.3 Å². The van der Waals surface area contributed by atoms with Crippen LogP contribution in [-0.2, 0) is 11.3 Å². The first-order chi connectivity index (χ1) is 11.1. The number of rotatable bonds is 4. The monoisotopic (exact) mass is 349 g/mol. The van der Waals surface area contributed by atoms with Crippen molar-refractivity contribution in [3.05, 3.63) is 63.8 Å². The molecule has 2 aromatic carbocycles. The van der Waals surface area contributed by atoms with Crippen LogP contribution in [-0.4, -0.2) is 18.1 Å². The Balaban J connectivity index is 1.93. The summed E-state index contributed by atoms with van der Waals surface area (Å²) in [6.07, 6.45) is 0. The maximum absolute atomic E-state index is 11.7. The van der Waals surface area contributed by atoms with Gasteiger partial charge in [0.2, 0.25) is 0 Å². The van der Waals surface area contributed by atoms with Gasteiger partial charge in [-0.05, 0) is 35.9 Å². The zero-order chi connectivity index (χ0) is 16.4. The second-order valence-corrected chi connectivity index (χ2v) is 5.83. The van der Waals surface area contributed by atoms with Gasteiger partial charge in [-0.2, -0.15) is 0 Å². The molecule has 0 bridgehead atoms. The van der Waals surface area contributed by atoms with Gasteiger partial charge in [0, 0.05) is 15.4 Å². The predicted molar refractivity (Wildman–Crippen MR) is 90.4 cm³/mol. The van der Waals surface area contributed by atoms with Gasteiger partial charge in [0.1, 0.15) is 18.1 Å². The number of nitrogens with one attached hydrogen (secondary N) is 1. The van der Waals surface area contributed by atoms with Crippen LogP contribution in [0.1, 0.15) is 16.1 Å². The number of aromatic nitrogens is 1. The molecule has 118 valence electrons. The SMILES string of the molecule is COC(=O)c1cc2c(OCc3cccc(Cl)c3)cc(Cl)cc2[nH]1. The van der Waals surface area contributed by atoms with Crippen molar-refractivity contribution < 1.29 is 14.3 Å². The number of fused-ring (bicyclic) bond motifs is 1. The van der Waals surface area contributed by atoms with Crippen molar-refractivity contribution in [1.82, 2.24) is 4.98 Å². The highest BCUT2D eigenvalue weighted by Gasteiger charge is 2.13. The third kappa shape index (κ3) is 3.44. The van der Waals surface area contributed by atoms with E-state index in [2.05, 4.69) is 4.98 Å². The number of hydrogen-bond donors (Lipinski definition) is 1. The Morgan fingerprint density at radius 2 is 1.96 bits per heavy atom. The summed E-state index contributed by atoms with van der Waals surface area (Å²) in [5.41, 5.74) is 1.99. The molecule has 0 radical (unpaired) electrons. The lowest BCUT2D eigenvalue weighted by atomic mass is 10.2. The Morgan fingerprint density at radius 1 is 1.13 bits per heavy atom. The van der Waals surface area contributed by atoms with E-state index in [4.69, 9.17) is 32.7 Å². The normalized spacial score (nSPS) is 10.7. The smallest absolute Gasteiger partial charge is 0.354 e. The van der Waals surface area contributed by atoms with Crippen LogP contribution < -0.4 is 4.74 Å². The number of H-pyrrole nitrogens is 1. The second kappa shape index (κ2) is 6.52. The quantitative estimate of drug-likeness (QED) is 0.685. The fourth-order valence-corrected chi connectivity index (χ4v) is 2.72. The zero-order valence-electron chi connectivity index (χ0n) is 12.2. The molecule has 6 heteroatoms. The molecule has 0 saturated heterocycles. The Kier molecular flexibility index (Phi) is 4.46. The van der Waals surface area contributed by atoms with Crippen LogP contribution in [0, 0.1) is 0 Å². The highest BCUT2D eigenvalue weighted by Crippen LogP contribution is 2.31. The molecule has 0 amide bonds. The highest BCUT2D eigenvalue weighted by molar-refractivity contribution is 6.31. The number of halogens is 2. The van der Waals surface area contributed by atoms with E-state index in [1.165, 1.54) is 7.11 Å². The number of esters is 1. The molecule has 0 atom stereocenters. The number of carbonyl (C=O) groups is 1. The molecule has 23 heavy (non-hydrogen) atoms. The van der Waals surface area contributed by atoms with Gasteiger partial charge in [-0.3, -0.25) is 0 Å². The van der Waals surface area contributed by atoms with E-state index in [1.54, 1.807) is 24.3 Å². The number of methoxy groups -OCH3 is 1. The lowest BCUT2D eigenvalue weighted by Crippen LogP contribution is -2.00. The summed E-state index contributed by atoms with van der Waals surface area (Å²) in [5.74, 6) is 0.136. The van der Waals surface area contributed by atoms with E-state index >= 15 is 0 Å². The van der Waals surface area contributed by atoms with Crippen LogP contribution in [0.5, 0.6) is 5.75 Å². The first-order valence-electron chi connectivity index (χ1n) is 6.84. The Hall–Kier alpha value is -2.17. The van der Waals surface area contributed by atoms with E-state index in [1.807, 2.05) is 18.2 Å². The van der Waals surface area contributed by atoms with Gasteiger partial charge in [-0.25, -0.2) is 4.79 Å². The Bertz CT molecular complexity index is 873. The standard InChI is InChI=1S/C17H13Cl2NO3/c1-22-17(21)15-8-13-14(20-15)6-12(19)7-16(13)23-9-10-3-2-4-11(18)5-10/h2-8,20H,9H2,1H3. The van der Waals surface area contributed by atoms with Gasteiger partial charge in [-0.15, -0.1) is 0 Å². The topological polar surface area (TPSA) is 51.3 Å². The van der Waals surface area contributed by atoms with Gasteiger partial charge in [0.15, 0.2) is 0 Å². The van der Waals surface area contributed by atoms with Crippen molar-refractivity contribution in [2.24, 2.45) is 0 Å². The summed E-state index contributed by atoms with van der Waals surface area (Å²) in [7, 11) is 1.33. The molecule has 0 spiro atoms. The van der Waals surface area contributed by atoms with Gasteiger partial charge >= 0.3 is 5.97 Å². The van der Waals surface area contributed by atoms with E-state index in [0.717, 1.165) is 10.9 Å². The third-order valence-electron chi connectivity index (χ3n) is 3.35. The molecule has 1 aromatic heterocycles. The molecule has 0 fully saturated rings.